The molecule has 0 spiro atoms. The summed E-state index contributed by atoms with van der Waals surface area (Å²) in [5, 5.41) is 9.26. The highest BCUT2D eigenvalue weighted by atomic mass is 16.5. The average Bonchev–Trinajstić information content (AvgIpc) is 2.88. The lowest BCUT2D eigenvalue weighted by Crippen LogP contribution is -2.28. The SMILES string of the molecule is Cc1ccc(OCC(=O)NCc2cn[nH]c2)c(C)c1. The summed E-state index contributed by atoms with van der Waals surface area (Å²) in [5.74, 6) is 0.588. The largest absolute Gasteiger partial charge is 0.484 e. The van der Waals surface area contributed by atoms with Gasteiger partial charge in [0.15, 0.2) is 6.61 Å². The van der Waals surface area contributed by atoms with Crippen LogP contribution in [0.2, 0.25) is 0 Å². The highest BCUT2D eigenvalue weighted by Gasteiger charge is 2.05. The van der Waals surface area contributed by atoms with Crippen molar-refractivity contribution in [2.45, 2.75) is 20.4 Å². The predicted octanol–water partition coefficient (Wildman–Crippen LogP) is 1.72. The fourth-order valence-corrected chi connectivity index (χ4v) is 1.73. The van der Waals surface area contributed by atoms with Crippen molar-refractivity contribution in [1.29, 1.82) is 0 Å². The van der Waals surface area contributed by atoms with Crippen LogP contribution in [0.5, 0.6) is 5.75 Å². The monoisotopic (exact) mass is 259 g/mol. The van der Waals surface area contributed by atoms with E-state index in [9.17, 15) is 4.79 Å². The Morgan fingerprint density at radius 3 is 2.95 bits per heavy atom. The Labute approximate surface area is 112 Å². The number of ether oxygens (including phenoxy) is 1. The maximum absolute atomic E-state index is 11.6. The van der Waals surface area contributed by atoms with E-state index in [0.29, 0.717) is 6.54 Å². The van der Waals surface area contributed by atoms with Gasteiger partial charge < -0.3 is 10.1 Å². The molecule has 1 heterocycles. The van der Waals surface area contributed by atoms with Crippen LogP contribution in [0.4, 0.5) is 0 Å². The quantitative estimate of drug-likeness (QED) is 0.859. The van der Waals surface area contributed by atoms with Gasteiger partial charge in [0.2, 0.25) is 0 Å². The molecule has 0 saturated carbocycles. The van der Waals surface area contributed by atoms with Crippen molar-refractivity contribution in [3.8, 4) is 5.75 Å². The zero-order chi connectivity index (χ0) is 13.7. The Morgan fingerprint density at radius 1 is 1.42 bits per heavy atom. The summed E-state index contributed by atoms with van der Waals surface area (Å²) in [4.78, 5) is 11.6. The van der Waals surface area contributed by atoms with Crippen LogP contribution in [0.15, 0.2) is 30.6 Å². The van der Waals surface area contributed by atoms with Crippen LogP contribution in [0.1, 0.15) is 16.7 Å². The predicted molar refractivity (Wildman–Crippen MR) is 71.8 cm³/mol. The molecule has 2 rings (SSSR count). The van der Waals surface area contributed by atoms with Gasteiger partial charge in [-0.3, -0.25) is 9.89 Å². The lowest BCUT2D eigenvalue weighted by molar-refractivity contribution is -0.123. The number of amides is 1. The van der Waals surface area contributed by atoms with Gasteiger partial charge in [-0.2, -0.15) is 5.10 Å². The van der Waals surface area contributed by atoms with E-state index in [4.69, 9.17) is 4.74 Å². The van der Waals surface area contributed by atoms with Crippen molar-refractivity contribution in [3.63, 3.8) is 0 Å². The van der Waals surface area contributed by atoms with E-state index in [2.05, 4.69) is 15.5 Å². The van der Waals surface area contributed by atoms with E-state index >= 15 is 0 Å². The lowest BCUT2D eigenvalue weighted by atomic mass is 10.1. The number of aromatic amines is 1. The van der Waals surface area contributed by atoms with Gasteiger partial charge in [0, 0.05) is 18.3 Å². The lowest BCUT2D eigenvalue weighted by Gasteiger charge is -2.09. The fraction of sp³-hybridized carbons (Fsp3) is 0.286. The van der Waals surface area contributed by atoms with Crippen LogP contribution in [-0.4, -0.2) is 22.7 Å². The number of hydrogen-bond donors (Lipinski definition) is 2. The summed E-state index contributed by atoms with van der Waals surface area (Å²) in [6.45, 7) is 4.45. The molecule has 2 N–H and O–H groups in total. The number of aromatic nitrogens is 2. The van der Waals surface area contributed by atoms with Gasteiger partial charge in [0.05, 0.1) is 6.20 Å². The van der Waals surface area contributed by atoms with Gasteiger partial charge >= 0.3 is 0 Å². The number of carbonyl (C=O) groups excluding carboxylic acids is 1. The van der Waals surface area contributed by atoms with Crippen molar-refractivity contribution in [2.24, 2.45) is 0 Å². The van der Waals surface area contributed by atoms with E-state index in [1.54, 1.807) is 12.4 Å². The topological polar surface area (TPSA) is 67.0 Å². The van der Waals surface area contributed by atoms with Crippen LogP contribution in [0, 0.1) is 13.8 Å². The van der Waals surface area contributed by atoms with E-state index in [1.807, 2.05) is 32.0 Å². The standard InChI is InChI=1S/C14H17N3O2/c1-10-3-4-13(11(2)5-10)19-9-14(18)15-6-12-7-16-17-8-12/h3-5,7-8H,6,9H2,1-2H3,(H,15,18)(H,16,17). The van der Waals surface area contributed by atoms with Gasteiger partial charge in [0.25, 0.3) is 5.91 Å². The third kappa shape index (κ3) is 3.84. The molecule has 0 aliphatic carbocycles. The van der Waals surface area contributed by atoms with E-state index in [1.165, 1.54) is 5.56 Å². The molecule has 2 aromatic rings. The molecule has 0 unspecified atom stereocenters. The van der Waals surface area contributed by atoms with Crippen LogP contribution >= 0.6 is 0 Å². The number of aryl methyl sites for hydroxylation is 2. The highest BCUT2D eigenvalue weighted by Crippen LogP contribution is 2.18. The van der Waals surface area contributed by atoms with Crippen molar-refractivity contribution >= 4 is 5.91 Å². The molecule has 5 heteroatoms. The number of nitrogens with zero attached hydrogens (tertiary/aromatic N) is 1. The van der Waals surface area contributed by atoms with Crippen LogP contribution < -0.4 is 10.1 Å². The van der Waals surface area contributed by atoms with Crippen molar-refractivity contribution < 1.29 is 9.53 Å². The molecule has 0 atom stereocenters. The number of rotatable bonds is 5. The summed E-state index contributed by atoms with van der Waals surface area (Å²) in [6.07, 6.45) is 3.41. The summed E-state index contributed by atoms with van der Waals surface area (Å²) in [5.41, 5.74) is 3.14. The third-order valence-electron chi connectivity index (χ3n) is 2.73. The second-order valence-corrected chi connectivity index (χ2v) is 4.44. The maximum atomic E-state index is 11.6. The summed E-state index contributed by atoms with van der Waals surface area (Å²) in [6, 6.07) is 5.87. The van der Waals surface area contributed by atoms with Gasteiger partial charge in [-0.1, -0.05) is 17.7 Å². The Bertz CT molecular complexity index is 550. The normalized spacial score (nSPS) is 10.2. The summed E-state index contributed by atoms with van der Waals surface area (Å²) in [7, 11) is 0. The number of nitrogens with one attached hydrogen (secondary N) is 2. The van der Waals surface area contributed by atoms with Gasteiger partial charge in [-0.25, -0.2) is 0 Å². The molecule has 0 fully saturated rings. The Hall–Kier alpha value is -2.30. The van der Waals surface area contributed by atoms with Crippen molar-refractivity contribution in [3.05, 3.63) is 47.3 Å². The first-order valence-corrected chi connectivity index (χ1v) is 6.09. The Kier molecular flexibility index (Phi) is 4.18. The number of benzene rings is 1. The van der Waals surface area contributed by atoms with E-state index < -0.39 is 0 Å². The molecule has 0 aliphatic heterocycles. The minimum absolute atomic E-state index is 0.0156. The molecule has 1 aromatic carbocycles. The molecule has 5 nitrogen and oxygen atoms in total. The zero-order valence-corrected chi connectivity index (χ0v) is 11.1. The molecule has 0 bridgehead atoms. The molecule has 100 valence electrons. The average molecular weight is 259 g/mol. The first-order valence-electron chi connectivity index (χ1n) is 6.09. The first-order chi connectivity index (χ1) is 9.15. The number of H-pyrrole nitrogens is 1. The molecule has 0 saturated heterocycles. The molecular formula is C14H17N3O2. The van der Waals surface area contributed by atoms with E-state index in [0.717, 1.165) is 16.9 Å². The molecule has 0 aliphatic rings. The van der Waals surface area contributed by atoms with Crippen LogP contribution in [0.3, 0.4) is 0 Å². The van der Waals surface area contributed by atoms with Crippen molar-refractivity contribution in [1.82, 2.24) is 15.5 Å². The minimum atomic E-state index is -0.152. The number of hydrogen-bond acceptors (Lipinski definition) is 3. The minimum Gasteiger partial charge on any atom is -0.484 e. The van der Waals surface area contributed by atoms with Crippen molar-refractivity contribution in [2.75, 3.05) is 6.61 Å². The molecule has 1 amide bonds. The van der Waals surface area contributed by atoms with Gasteiger partial charge in [-0.05, 0) is 25.5 Å². The highest BCUT2D eigenvalue weighted by molar-refractivity contribution is 5.77. The number of carbonyl (C=O) groups is 1. The summed E-state index contributed by atoms with van der Waals surface area (Å²) < 4.78 is 5.49. The smallest absolute Gasteiger partial charge is 0.258 e. The Morgan fingerprint density at radius 2 is 2.26 bits per heavy atom. The summed E-state index contributed by atoms with van der Waals surface area (Å²) >= 11 is 0. The molecule has 19 heavy (non-hydrogen) atoms. The van der Waals surface area contributed by atoms with Crippen LogP contribution in [0.25, 0.3) is 0 Å². The third-order valence-corrected chi connectivity index (χ3v) is 2.73. The second-order valence-electron chi connectivity index (χ2n) is 4.44. The maximum Gasteiger partial charge on any atom is 0.258 e. The molecule has 1 aromatic heterocycles. The van der Waals surface area contributed by atoms with Gasteiger partial charge in [-0.15, -0.1) is 0 Å². The van der Waals surface area contributed by atoms with Gasteiger partial charge in [0.1, 0.15) is 5.75 Å². The second kappa shape index (κ2) is 6.04. The van der Waals surface area contributed by atoms with E-state index in [-0.39, 0.29) is 12.5 Å². The first kappa shape index (κ1) is 13.1. The Balaban J connectivity index is 1.80. The molecular weight excluding hydrogens is 242 g/mol. The zero-order valence-electron chi connectivity index (χ0n) is 11.1. The fourth-order valence-electron chi connectivity index (χ4n) is 1.73. The van der Waals surface area contributed by atoms with Crippen LogP contribution in [-0.2, 0) is 11.3 Å². The molecule has 0 radical (unpaired) electrons.